The molecule has 0 unspecified atom stereocenters. The zero-order valence-corrected chi connectivity index (χ0v) is 7.96. The van der Waals surface area contributed by atoms with Crippen molar-refractivity contribution in [2.45, 2.75) is 13.3 Å². The Balaban J connectivity index is 2.04. The van der Waals surface area contributed by atoms with Crippen molar-refractivity contribution < 1.29 is 9.18 Å². The Morgan fingerprint density at radius 1 is 1.50 bits per heavy atom. The molecule has 0 heterocycles. The number of halogens is 1. The highest BCUT2D eigenvalue weighted by molar-refractivity contribution is 5.94. The number of benzene rings is 1. The van der Waals surface area contributed by atoms with E-state index in [0.717, 1.165) is 6.42 Å². The number of hydrogen-bond donors (Lipinski definition) is 1. The minimum atomic E-state index is -0.380. The molecule has 1 aliphatic rings. The first-order valence-corrected chi connectivity index (χ1v) is 4.74. The van der Waals surface area contributed by atoms with Gasteiger partial charge < -0.3 is 5.32 Å². The molecule has 0 aromatic heterocycles. The Morgan fingerprint density at radius 3 is 2.71 bits per heavy atom. The maximum atomic E-state index is 13.1. The average Bonchev–Trinajstić information content (AvgIpc) is 2.87. The second-order valence-electron chi connectivity index (χ2n) is 3.79. The van der Waals surface area contributed by atoms with Gasteiger partial charge in [-0.3, -0.25) is 4.79 Å². The molecular formula is C11H12FNO. The normalized spacial score (nSPS) is 24.4. The second kappa shape index (κ2) is 3.40. The number of hydrogen-bond acceptors (Lipinski definition) is 1. The zero-order valence-electron chi connectivity index (χ0n) is 7.96. The quantitative estimate of drug-likeness (QED) is 0.767. The lowest BCUT2D eigenvalue weighted by atomic mass is 10.2. The molecule has 1 saturated carbocycles. The monoisotopic (exact) mass is 193 g/mol. The van der Waals surface area contributed by atoms with Crippen LogP contribution in [0.4, 0.5) is 10.1 Å². The Bertz CT molecular complexity index is 364. The van der Waals surface area contributed by atoms with E-state index in [0.29, 0.717) is 5.92 Å². The summed E-state index contributed by atoms with van der Waals surface area (Å²) in [6.45, 7) is 2.02. The number of rotatable bonds is 2. The van der Waals surface area contributed by atoms with Crippen molar-refractivity contribution >= 4 is 11.6 Å². The Labute approximate surface area is 82.1 Å². The minimum Gasteiger partial charge on any atom is -0.323 e. The van der Waals surface area contributed by atoms with Crippen molar-refractivity contribution in [1.29, 1.82) is 0 Å². The van der Waals surface area contributed by atoms with Gasteiger partial charge in [-0.2, -0.15) is 0 Å². The maximum Gasteiger partial charge on any atom is 0.227 e. The maximum absolute atomic E-state index is 13.1. The van der Waals surface area contributed by atoms with E-state index in [2.05, 4.69) is 5.32 Å². The van der Waals surface area contributed by atoms with Crippen molar-refractivity contribution in [2.75, 3.05) is 5.32 Å². The van der Waals surface area contributed by atoms with Crippen LogP contribution in [0.1, 0.15) is 13.3 Å². The van der Waals surface area contributed by atoms with Crippen molar-refractivity contribution in [2.24, 2.45) is 11.8 Å². The number of carbonyl (C=O) groups is 1. The first-order chi connectivity index (χ1) is 6.68. The molecule has 0 spiro atoms. The number of carbonyl (C=O) groups excluding carboxylic acids is 1. The van der Waals surface area contributed by atoms with E-state index in [4.69, 9.17) is 0 Å². The molecule has 0 aliphatic heterocycles. The fourth-order valence-electron chi connectivity index (χ4n) is 1.48. The lowest BCUT2D eigenvalue weighted by Crippen LogP contribution is -2.15. The van der Waals surface area contributed by atoms with E-state index in [1.165, 1.54) is 6.07 Å². The molecule has 0 bridgehead atoms. The summed E-state index contributed by atoms with van der Waals surface area (Å²) in [4.78, 5) is 11.5. The van der Waals surface area contributed by atoms with Crippen molar-refractivity contribution in [3.8, 4) is 0 Å². The molecule has 3 heteroatoms. The SMILES string of the molecule is C[C@H]1C[C@@H]1C(=O)Nc1ccccc1F. The van der Waals surface area contributed by atoms with Crippen LogP contribution in [0.5, 0.6) is 0 Å². The number of para-hydroxylation sites is 1. The summed E-state index contributed by atoms with van der Waals surface area (Å²) in [6.07, 6.45) is 0.917. The highest BCUT2D eigenvalue weighted by Crippen LogP contribution is 2.38. The van der Waals surface area contributed by atoms with Crippen LogP contribution in [0, 0.1) is 17.7 Å². The summed E-state index contributed by atoms with van der Waals surface area (Å²) in [5.74, 6) is 0.0770. The summed E-state index contributed by atoms with van der Waals surface area (Å²) in [6, 6.07) is 6.21. The van der Waals surface area contributed by atoms with E-state index in [1.54, 1.807) is 18.2 Å². The Morgan fingerprint density at radius 2 is 2.14 bits per heavy atom. The number of nitrogens with one attached hydrogen (secondary N) is 1. The highest BCUT2D eigenvalue weighted by atomic mass is 19.1. The molecule has 1 aromatic rings. The summed E-state index contributed by atoms with van der Waals surface area (Å²) in [7, 11) is 0. The topological polar surface area (TPSA) is 29.1 Å². The lowest BCUT2D eigenvalue weighted by Gasteiger charge is -2.04. The molecule has 74 valence electrons. The van der Waals surface area contributed by atoms with Crippen molar-refractivity contribution in [3.05, 3.63) is 30.1 Å². The van der Waals surface area contributed by atoms with Crippen molar-refractivity contribution in [1.82, 2.24) is 0 Å². The van der Waals surface area contributed by atoms with Crippen LogP contribution in [0.15, 0.2) is 24.3 Å². The van der Waals surface area contributed by atoms with Gasteiger partial charge in [-0.15, -0.1) is 0 Å². The minimum absolute atomic E-state index is 0.0670. The van der Waals surface area contributed by atoms with Crippen molar-refractivity contribution in [3.63, 3.8) is 0 Å². The number of amides is 1. The first kappa shape index (κ1) is 9.19. The molecule has 1 amide bonds. The van der Waals surface area contributed by atoms with E-state index in [9.17, 15) is 9.18 Å². The van der Waals surface area contributed by atoms with E-state index in [1.807, 2.05) is 6.92 Å². The van der Waals surface area contributed by atoms with Gasteiger partial charge in [0, 0.05) is 5.92 Å². The number of anilines is 1. The first-order valence-electron chi connectivity index (χ1n) is 4.74. The summed E-state index contributed by atoms with van der Waals surface area (Å²) in [5, 5.41) is 2.59. The predicted octanol–water partition coefficient (Wildman–Crippen LogP) is 2.42. The third-order valence-electron chi connectivity index (χ3n) is 2.58. The molecule has 1 fully saturated rings. The molecule has 0 radical (unpaired) electrons. The standard InChI is InChI=1S/C11H12FNO/c1-7-6-8(7)11(14)13-10-5-3-2-4-9(10)12/h2-5,7-8H,6H2,1H3,(H,13,14)/t7-,8-/m0/s1. The van der Waals surface area contributed by atoms with Crippen LogP contribution in [0.25, 0.3) is 0 Å². The molecule has 0 saturated heterocycles. The van der Waals surface area contributed by atoms with Gasteiger partial charge in [0.1, 0.15) is 5.82 Å². The lowest BCUT2D eigenvalue weighted by molar-refractivity contribution is -0.117. The fraction of sp³-hybridized carbons (Fsp3) is 0.364. The van der Waals surface area contributed by atoms with Gasteiger partial charge in [-0.1, -0.05) is 19.1 Å². The average molecular weight is 193 g/mol. The van der Waals surface area contributed by atoms with Gasteiger partial charge in [0.15, 0.2) is 0 Å². The molecular weight excluding hydrogens is 181 g/mol. The van der Waals surface area contributed by atoms with Crippen LogP contribution in [0.3, 0.4) is 0 Å². The largest absolute Gasteiger partial charge is 0.323 e. The molecule has 1 aromatic carbocycles. The van der Waals surface area contributed by atoms with Crippen LogP contribution in [0.2, 0.25) is 0 Å². The summed E-state index contributed by atoms with van der Waals surface area (Å²) >= 11 is 0. The molecule has 14 heavy (non-hydrogen) atoms. The third-order valence-corrected chi connectivity index (χ3v) is 2.58. The predicted molar refractivity (Wildman–Crippen MR) is 52.3 cm³/mol. The van der Waals surface area contributed by atoms with Gasteiger partial charge >= 0.3 is 0 Å². The Kier molecular flexibility index (Phi) is 2.23. The summed E-state index contributed by atoms with van der Waals surface area (Å²) in [5.41, 5.74) is 0.275. The van der Waals surface area contributed by atoms with Gasteiger partial charge in [0.25, 0.3) is 0 Å². The van der Waals surface area contributed by atoms with Gasteiger partial charge in [-0.05, 0) is 24.5 Å². The summed E-state index contributed by atoms with van der Waals surface area (Å²) < 4.78 is 13.1. The highest BCUT2D eigenvalue weighted by Gasteiger charge is 2.39. The van der Waals surface area contributed by atoms with Crippen LogP contribution in [-0.4, -0.2) is 5.91 Å². The van der Waals surface area contributed by atoms with Gasteiger partial charge in [0.2, 0.25) is 5.91 Å². The zero-order chi connectivity index (χ0) is 10.1. The molecule has 2 rings (SSSR count). The van der Waals surface area contributed by atoms with Gasteiger partial charge in [0.05, 0.1) is 5.69 Å². The smallest absolute Gasteiger partial charge is 0.227 e. The van der Waals surface area contributed by atoms with E-state index < -0.39 is 0 Å². The third kappa shape index (κ3) is 1.76. The Hall–Kier alpha value is -1.38. The second-order valence-corrected chi connectivity index (χ2v) is 3.79. The fourth-order valence-corrected chi connectivity index (χ4v) is 1.48. The van der Waals surface area contributed by atoms with E-state index >= 15 is 0 Å². The van der Waals surface area contributed by atoms with Crippen LogP contribution in [-0.2, 0) is 4.79 Å². The molecule has 2 nitrogen and oxygen atoms in total. The molecule has 2 atom stereocenters. The molecule has 1 aliphatic carbocycles. The van der Waals surface area contributed by atoms with Crippen LogP contribution >= 0.6 is 0 Å². The van der Waals surface area contributed by atoms with E-state index in [-0.39, 0.29) is 23.3 Å². The van der Waals surface area contributed by atoms with Crippen LogP contribution < -0.4 is 5.32 Å². The molecule has 1 N–H and O–H groups in total. The van der Waals surface area contributed by atoms with Gasteiger partial charge in [-0.25, -0.2) is 4.39 Å².